The zero-order valence-corrected chi connectivity index (χ0v) is 15.9. The van der Waals surface area contributed by atoms with Crippen molar-refractivity contribution in [3.05, 3.63) is 53.2 Å². The summed E-state index contributed by atoms with van der Waals surface area (Å²) >= 11 is 5.95. The third-order valence-corrected chi connectivity index (χ3v) is 5.74. The summed E-state index contributed by atoms with van der Waals surface area (Å²) in [6.07, 6.45) is 3.44. The topological polar surface area (TPSA) is 28.6 Å². The SMILES string of the molecule is CC1[C@@H]2CC[C@H](Oc3cc(F)cc(F)c3)CN2CCN1c1ccc(Cl)cn1. The molecule has 3 heterocycles. The van der Waals surface area contributed by atoms with Crippen molar-refractivity contribution < 1.29 is 13.5 Å². The van der Waals surface area contributed by atoms with Crippen LogP contribution in [-0.2, 0) is 0 Å². The first-order chi connectivity index (χ1) is 13.0. The predicted molar refractivity (Wildman–Crippen MR) is 101 cm³/mol. The molecule has 2 fully saturated rings. The lowest BCUT2D eigenvalue weighted by Crippen LogP contribution is -2.62. The number of nitrogens with zero attached hydrogens (tertiary/aromatic N) is 3. The van der Waals surface area contributed by atoms with Crippen LogP contribution in [-0.4, -0.2) is 47.7 Å². The number of pyridine rings is 1. The zero-order valence-electron chi connectivity index (χ0n) is 15.1. The number of anilines is 1. The molecule has 3 atom stereocenters. The van der Waals surface area contributed by atoms with Gasteiger partial charge in [0.25, 0.3) is 0 Å². The predicted octanol–water partition coefficient (Wildman–Crippen LogP) is 4.13. The maximum Gasteiger partial charge on any atom is 0.129 e. The largest absolute Gasteiger partial charge is 0.489 e. The number of halogens is 3. The summed E-state index contributed by atoms with van der Waals surface area (Å²) in [5.41, 5.74) is 0. The molecule has 2 aliphatic heterocycles. The second-order valence-corrected chi connectivity index (χ2v) is 7.69. The van der Waals surface area contributed by atoms with Crippen LogP contribution in [0.2, 0.25) is 5.02 Å². The van der Waals surface area contributed by atoms with Crippen molar-refractivity contribution in [2.45, 2.75) is 38.0 Å². The monoisotopic (exact) mass is 393 g/mol. The van der Waals surface area contributed by atoms with Gasteiger partial charge in [-0.3, -0.25) is 4.90 Å². The fraction of sp³-hybridized carbons (Fsp3) is 0.450. The number of rotatable bonds is 3. The number of fused-ring (bicyclic) bond motifs is 1. The lowest BCUT2D eigenvalue weighted by atomic mass is 9.91. The molecule has 2 aromatic rings. The van der Waals surface area contributed by atoms with E-state index in [9.17, 15) is 8.78 Å². The lowest BCUT2D eigenvalue weighted by Gasteiger charge is -2.50. The summed E-state index contributed by atoms with van der Waals surface area (Å²) in [5.74, 6) is -0.0269. The van der Waals surface area contributed by atoms with Gasteiger partial charge in [0.1, 0.15) is 29.3 Å². The van der Waals surface area contributed by atoms with Gasteiger partial charge in [-0.1, -0.05) is 11.6 Å². The Morgan fingerprint density at radius 2 is 1.89 bits per heavy atom. The molecule has 0 N–H and O–H groups in total. The fourth-order valence-corrected chi connectivity index (χ4v) is 4.34. The van der Waals surface area contributed by atoms with Crippen molar-refractivity contribution in [1.82, 2.24) is 9.88 Å². The summed E-state index contributed by atoms with van der Waals surface area (Å²) in [4.78, 5) is 9.19. The molecule has 1 aromatic heterocycles. The van der Waals surface area contributed by atoms with Gasteiger partial charge in [0, 0.05) is 56.1 Å². The molecule has 1 unspecified atom stereocenters. The van der Waals surface area contributed by atoms with E-state index in [1.807, 2.05) is 12.1 Å². The summed E-state index contributed by atoms with van der Waals surface area (Å²) in [6, 6.07) is 7.88. The Labute approximate surface area is 162 Å². The highest BCUT2D eigenvalue weighted by Gasteiger charge is 2.38. The second-order valence-electron chi connectivity index (χ2n) is 7.25. The third-order valence-electron chi connectivity index (χ3n) is 5.51. The Morgan fingerprint density at radius 1 is 1.11 bits per heavy atom. The molecule has 0 spiro atoms. The summed E-state index contributed by atoms with van der Waals surface area (Å²) in [7, 11) is 0. The van der Waals surface area contributed by atoms with E-state index >= 15 is 0 Å². The number of aromatic nitrogens is 1. The first kappa shape index (κ1) is 18.4. The Balaban J connectivity index is 1.41. The van der Waals surface area contributed by atoms with Gasteiger partial charge in [-0.25, -0.2) is 13.8 Å². The highest BCUT2D eigenvalue weighted by Crippen LogP contribution is 2.31. The van der Waals surface area contributed by atoms with Gasteiger partial charge in [-0.15, -0.1) is 0 Å². The van der Waals surface area contributed by atoms with E-state index in [1.54, 1.807) is 6.20 Å². The third kappa shape index (κ3) is 4.01. The van der Waals surface area contributed by atoms with E-state index < -0.39 is 11.6 Å². The molecule has 2 saturated heterocycles. The average molecular weight is 394 g/mol. The molecule has 144 valence electrons. The number of piperazine rings is 1. The maximum atomic E-state index is 13.4. The molecule has 0 aliphatic carbocycles. The van der Waals surface area contributed by atoms with Crippen LogP contribution in [0.5, 0.6) is 5.75 Å². The average Bonchev–Trinajstić information content (AvgIpc) is 2.62. The zero-order chi connectivity index (χ0) is 19.0. The number of piperidine rings is 1. The van der Waals surface area contributed by atoms with E-state index in [2.05, 4.69) is 21.7 Å². The highest BCUT2D eigenvalue weighted by atomic mass is 35.5. The van der Waals surface area contributed by atoms with Gasteiger partial charge in [-0.2, -0.15) is 0 Å². The highest BCUT2D eigenvalue weighted by molar-refractivity contribution is 6.30. The van der Waals surface area contributed by atoms with Crippen molar-refractivity contribution in [3.63, 3.8) is 0 Å². The molecule has 2 aliphatic rings. The van der Waals surface area contributed by atoms with Gasteiger partial charge in [0.2, 0.25) is 0 Å². The Hall–Kier alpha value is -1.92. The molecule has 27 heavy (non-hydrogen) atoms. The molecule has 0 saturated carbocycles. The van der Waals surface area contributed by atoms with Gasteiger partial charge >= 0.3 is 0 Å². The Morgan fingerprint density at radius 3 is 2.59 bits per heavy atom. The first-order valence-corrected chi connectivity index (χ1v) is 9.62. The lowest BCUT2D eigenvalue weighted by molar-refractivity contribution is 0.0286. The Kier molecular flexibility index (Phi) is 5.19. The van der Waals surface area contributed by atoms with Crippen LogP contribution in [0.1, 0.15) is 19.8 Å². The first-order valence-electron chi connectivity index (χ1n) is 9.24. The minimum atomic E-state index is -0.614. The molecular weight excluding hydrogens is 372 g/mol. The van der Waals surface area contributed by atoms with Crippen LogP contribution in [0.15, 0.2) is 36.5 Å². The van der Waals surface area contributed by atoms with Gasteiger partial charge in [0.05, 0.1) is 5.02 Å². The van der Waals surface area contributed by atoms with Crippen molar-refractivity contribution >= 4 is 17.4 Å². The van der Waals surface area contributed by atoms with E-state index in [1.165, 1.54) is 12.1 Å². The molecule has 4 rings (SSSR count). The minimum absolute atomic E-state index is 0.0603. The van der Waals surface area contributed by atoms with Crippen molar-refractivity contribution in [1.29, 1.82) is 0 Å². The molecule has 1 aromatic carbocycles. The minimum Gasteiger partial charge on any atom is -0.489 e. The molecule has 7 heteroatoms. The molecule has 0 radical (unpaired) electrons. The summed E-state index contributed by atoms with van der Waals surface area (Å²) in [5, 5.41) is 0.636. The standard InChI is InChI=1S/C20H22ClF2N3O/c1-13-19-4-3-17(27-18-9-15(22)8-16(23)10-18)12-25(19)6-7-26(13)20-5-2-14(21)11-24-20/h2,5,8-11,13,17,19H,3-4,6-7,12H2,1H3/t13?,17-,19-/m0/s1. The fourth-order valence-electron chi connectivity index (χ4n) is 4.22. The maximum absolute atomic E-state index is 13.4. The second kappa shape index (κ2) is 7.60. The van der Waals surface area contributed by atoms with Gasteiger partial charge in [-0.05, 0) is 31.9 Å². The quantitative estimate of drug-likeness (QED) is 0.783. The van der Waals surface area contributed by atoms with Crippen LogP contribution in [0.3, 0.4) is 0 Å². The van der Waals surface area contributed by atoms with Crippen molar-refractivity contribution in [3.8, 4) is 5.75 Å². The van der Waals surface area contributed by atoms with Crippen molar-refractivity contribution in [2.24, 2.45) is 0 Å². The van der Waals surface area contributed by atoms with Crippen LogP contribution >= 0.6 is 11.6 Å². The number of benzene rings is 1. The van der Waals surface area contributed by atoms with E-state index in [0.29, 0.717) is 17.1 Å². The normalized spacial score (nSPS) is 25.9. The van der Waals surface area contributed by atoms with E-state index in [0.717, 1.165) is 44.4 Å². The van der Waals surface area contributed by atoms with E-state index in [-0.39, 0.29) is 11.9 Å². The number of ether oxygens (including phenoxy) is 1. The molecule has 0 amide bonds. The van der Waals surface area contributed by atoms with Crippen LogP contribution < -0.4 is 9.64 Å². The number of hydrogen-bond acceptors (Lipinski definition) is 4. The van der Waals surface area contributed by atoms with Crippen molar-refractivity contribution in [2.75, 3.05) is 24.5 Å². The van der Waals surface area contributed by atoms with E-state index in [4.69, 9.17) is 16.3 Å². The smallest absolute Gasteiger partial charge is 0.129 e. The summed E-state index contributed by atoms with van der Waals surface area (Å²) < 4.78 is 32.6. The van der Waals surface area contributed by atoms with Crippen LogP contribution in [0.25, 0.3) is 0 Å². The van der Waals surface area contributed by atoms with Gasteiger partial charge < -0.3 is 9.64 Å². The molecular formula is C20H22ClF2N3O. The van der Waals surface area contributed by atoms with Crippen LogP contribution in [0.4, 0.5) is 14.6 Å². The number of hydrogen-bond donors (Lipinski definition) is 0. The van der Waals surface area contributed by atoms with Gasteiger partial charge in [0.15, 0.2) is 0 Å². The summed E-state index contributed by atoms with van der Waals surface area (Å²) in [6.45, 7) is 4.75. The molecule has 4 nitrogen and oxygen atoms in total. The molecule has 0 bridgehead atoms. The van der Waals surface area contributed by atoms with Crippen LogP contribution in [0, 0.1) is 11.6 Å². The Bertz CT molecular complexity index is 784.